The number of hydrogen-bond donors (Lipinski definition) is 1. The molecule has 1 fully saturated rings. The van der Waals surface area contributed by atoms with Crippen LogP contribution in [0.5, 0.6) is 0 Å². The number of anilines is 1. The molecule has 0 saturated carbocycles. The molecule has 0 bridgehead atoms. The second-order valence-corrected chi connectivity index (χ2v) is 7.60. The Hall–Kier alpha value is -3.32. The standard InChI is InChI=1S/C22H20ClN5O2/c1-14-19(21(29)27-18-4-2-17(23)3-5-18)12-25-20(26-14)16-8-11-28(13-16)22(30)15-6-9-24-10-7-15/h2-7,9-10,12,16H,8,11,13H2,1H3,(H,27,29). The van der Waals surface area contributed by atoms with Gasteiger partial charge in [-0.1, -0.05) is 11.6 Å². The summed E-state index contributed by atoms with van der Waals surface area (Å²) in [6.45, 7) is 2.99. The number of nitrogens with zero attached hydrogens (tertiary/aromatic N) is 4. The average Bonchev–Trinajstić information content (AvgIpc) is 3.25. The molecule has 2 amide bonds. The summed E-state index contributed by atoms with van der Waals surface area (Å²) in [6.07, 6.45) is 5.56. The monoisotopic (exact) mass is 421 g/mol. The lowest BCUT2D eigenvalue weighted by Crippen LogP contribution is -2.28. The van der Waals surface area contributed by atoms with Gasteiger partial charge in [-0.25, -0.2) is 9.97 Å². The maximum Gasteiger partial charge on any atom is 0.259 e. The molecular weight excluding hydrogens is 402 g/mol. The van der Waals surface area contributed by atoms with Crippen molar-refractivity contribution in [3.63, 3.8) is 0 Å². The zero-order chi connectivity index (χ0) is 21.1. The van der Waals surface area contributed by atoms with E-state index in [0.717, 1.165) is 6.42 Å². The second-order valence-electron chi connectivity index (χ2n) is 7.16. The quantitative estimate of drug-likeness (QED) is 0.693. The number of carbonyl (C=O) groups excluding carboxylic acids is 2. The summed E-state index contributed by atoms with van der Waals surface area (Å²) in [4.78, 5) is 39.9. The minimum absolute atomic E-state index is 0.0180. The molecule has 1 atom stereocenters. The number of nitrogens with one attached hydrogen (secondary N) is 1. The summed E-state index contributed by atoms with van der Waals surface area (Å²) in [5.74, 6) is 0.404. The van der Waals surface area contributed by atoms with Crippen molar-refractivity contribution in [2.75, 3.05) is 18.4 Å². The first kappa shape index (κ1) is 20.0. The molecule has 7 nitrogen and oxygen atoms in total. The van der Waals surface area contributed by atoms with Crippen molar-refractivity contribution in [1.82, 2.24) is 19.9 Å². The Morgan fingerprint density at radius 3 is 2.57 bits per heavy atom. The van der Waals surface area contributed by atoms with Crippen LogP contribution in [0, 0.1) is 6.92 Å². The van der Waals surface area contributed by atoms with Crippen LogP contribution < -0.4 is 5.32 Å². The van der Waals surface area contributed by atoms with Gasteiger partial charge < -0.3 is 10.2 Å². The molecule has 1 N–H and O–H groups in total. The normalized spacial score (nSPS) is 15.8. The fraction of sp³-hybridized carbons (Fsp3) is 0.227. The van der Waals surface area contributed by atoms with Gasteiger partial charge in [0, 0.05) is 53.9 Å². The van der Waals surface area contributed by atoms with Crippen molar-refractivity contribution >= 4 is 29.1 Å². The lowest BCUT2D eigenvalue weighted by molar-refractivity contribution is 0.0790. The highest BCUT2D eigenvalue weighted by atomic mass is 35.5. The average molecular weight is 422 g/mol. The van der Waals surface area contributed by atoms with Crippen molar-refractivity contribution in [2.24, 2.45) is 0 Å². The third-order valence-electron chi connectivity index (χ3n) is 5.11. The SMILES string of the molecule is Cc1nc(C2CCN(C(=O)c3ccncc3)C2)ncc1C(=O)Nc1ccc(Cl)cc1. The van der Waals surface area contributed by atoms with Gasteiger partial charge >= 0.3 is 0 Å². The highest BCUT2D eigenvalue weighted by Gasteiger charge is 2.30. The molecule has 0 aliphatic carbocycles. The summed E-state index contributed by atoms with van der Waals surface area (Å²) in [5.41, 5.74) is 2.28. The Kier molecular flexibility index (Phi) is 5.72. The van der Waals surface area contributed by atoms with E-state index in [1.54, 1.807) is 66.8 Å². The van der Waals surface area contributed by atoms with E-state index in [1.165, 1.54) is 0 Å². The number of carbonyl (C=O) groups is 2. The fourth-order valence-electron chi connectivity index (χ4n) is 3.47. The molecule has 4 rings (SSSR count). The molecule has 3 aromatic rings. The molecule has 0 spiro atoms. The highest BCUT2D eigenvalue weighted by Crippen LogP contribution is 2.26. The van der Waals surface area contributed by atoms with Gasteiger partial charge in [0.2, 0.25) is 0 Å². The summed E-state index contributed by atoms with van der Waals surface area (Å²) < 4.78 is 0. The van der Waals surface area contributed by atoms with Crippen LogP contribution in [-0.4, -0.2) is 44.8 Å². The van der Waals surface area contributed by atoms with E-state index in [4.69, 9.17) is 11.6 Å². The molecule has 30 heavy (non-hydrogen) atoms. The number of aryl methyl sites for hydroxylation is 1. The Morgan fingerprint density at radius 1 is 1.13 bits per heavy atom. The van der Waals surface area contributed by atoms with E-state index in [-0.39, 0.29) is 17.7 Å². The number of rotatable bonds is 4. The number of aromatic nitrogens is 3. The minimum atomic E-state index is -0.276. The maximum absolute atomic E-state index is 12.6. The van der Waals surface area contributed by atoms with E-state index in [0.29, 0.717) is 46.4 Å². The largest absolute Gasteiger partial charge is 0.338 e. The number of hydrogen-bond acceptors (Lipinski definition) is 5. The molecule has 1 aliphatic heterocycles. The van der Waals surface area contributed by atoms with E-state index in [9.17, 15) is 9.59 Å². The first-order valence-electron chi connectivity index (χ1n) is 9.61. The predicted octanol–water partition coefficient (Wildman–Crippen LogP) is 3.72. The molecule has 1 aliphatic rings. The lowest BCUT2D eigenvalue weighted by Gasteiger charge is -2.16. The number of benzene rings is 1. The van der Waals surface area contributed by atoms with Crippen molar-refractivity contribution < 1.29 is 9.59 Å². The molecule has 2 aromatic heterocycles. The lowest BCUT2D eigenvalue weighted by atomic mass is 10.1. The Labute approximate surface area is 179 Å². The van der Waals surface area contributed by atoms with Gasteiger partial charge in [0.25, 0.3) is 11.8 Å². The summed E-state index contributed by atoms with van der Waals surface area (Å²) in [7, 11) is 0. The first-order chi connectivity index (χ1) is 14.5. The summed E-state index contributed by atoms with van der Waals surface area (Å²) >= 11 is 5.87. The number of halogens is 1. The van der Waals surface area contributed by atoms with Gasteiger partial charge in [0.15, 0.2) is 0 Å². The van der Waals surface area contributed by atoms with Crippen LogP contribution in [0.4, 0.5) is 5.69 Å². The van der Waals surface area contributed by atoms with Crippen LogP contribution in [-0.2, 0) is 0 Å². The van der Waals surface area contributed by atoms with Crippen LogP contribution in [0.1, 0.15) is 44.6 Å². The predicted molar refractivity (Wildman–Crippen MR) is 114 cm³/mol. The molecule has 1 unspecified atom stereocenters. The molecule has 1 saturated heterocycles. The topological polar surface area (TPSA) is 88.1 Å². The van der Waals surface area contributed by atoms with Crippen LogP contribution in [0.25, 0.3) is 0 Å². The number of pyridine rings is 1. The Bertz CT molecular complexity index is 1070. The molecule has 0 radical (unpaired) electrons. The number of amides is 2. The van der Waals surface area contributed by atoms with Gasteiger partial charge in [-0.3, -0.25) is 14.6 Å². The van der Waals surface area contributed by atoms with Gasteiger partial charge in [-0.05, 0) is 49.7 Å². The van der Waals surface area contributed by atoms with Crippen molar-refractivity contribution in [3.05, 3.63) is 82.7 Å². The van der Waals surface area contributed by atoms with Crippen molar-refractivity contribution in [1.29, 1.82) is 0 Å². The summed E-state index contributed by atoms with van der Waals surface area (Å²) in [5, 5.41) is 3.42. The van der Waals surface area contributed by atoms with Crippen LogP contribution in [0.15, 0.2) is 55.0 Å². The van der Waals surface area contributed by atoms with Crippen LogP contribution in [0.2, 0.25) is 5.02 Å². The van der Waals surface area contributed by atoms with Crippen molar-refractivity contribution in [3.8, 4) is 0 Å². The molecular formula is C22H20ClN5O2. The highest BCUT2D eigenvalue weighted by molar-refractivity contribution is 6.30. The third-order valence-corrected chi connectivity index (χ3v) is 5.36. The van der Waals surface area contributed by atoms with Crippen LogP contribution >= 0.6 is 11.6 Å². The second kappa shape index (κ2) is 8.59. The first-order valence-corrected chi connectivity index (χ1v) is 9.99. The molecule has 152 valence electrons. The van der Waals surface area contributed by atoms with Gasteiger partial charge in [-0.2, -0.15) is 0 Å². The maximum atomic E-state index is 12.6. The fourth-order valence-corrected chi connectivity index (χ4v) is 3.59. The van der Waals surface area contributed by atoms with Crippen LogP contribution in [0.3, 0.4) is 0 Å². The molecule has 1 aromatic carbocycles. The zero-order valence-corrected chi connectivity index (χ0v) is 17.1. The minimum Gasteiger partial charge on any atom is -0.338 e. The smallest absolute Gasteiger partial charge is 0.259 e. The molecule has 8 heteroatoms. The summed E-state index contributed by atoms with van der Waals surface area (Å²) in [6, 6.07) is 10.3. The van der Waals surface area contributed by atoms with Gasteiger partial charge in [0.05, 0.1) is 11.3 Å². The Morgan fingerprint density at radius 2 is 1.87 bits per heavy atom. The van der Waals surface area contributed by atoms with Gasteiger partial charge in [0.1, 0.15) is 5.82 Å². The zero-order valence-electron chi connectivity index (χ0n) is 16.4. The number of likely N-dealkylation sites (tertiary alicyclic amines) is 1. The van der Waals surface area contributed by atoms with E-state index in [2.05, 4.69) is 20.3 Å². The van der Waals surface area contributed by atoms with E-state index >= 15 is 0 Å². The third kappa shape index (κ3) is 4.31. The molecule has 3 heterocycles. The van der Waals surface area contributed by atoms with Crippen molar-refractivity contribution in [2.45, 2.75) is 19.3 Å². The van der Waals surface area contributed by atoms with Gasteiger partial charge in [-0.15, -0.1) is 0 Å². The van der Waals surface area contributed by atoms with E-state index < -0.39 is 0 Å². The Balaban J connectivity index is 1.44. The van der Waals surface area contributed by atoms with E-state index in [1.807, 2.05) is 0 Å².